The average molecular weight is 265 g/mol. The molecule has 0 N–H and O–H groups in total. The molecule has 1 heterocycles. The van der Waals surface area contributed by atoms with Gasteiger partial charge in [0.05, 0.1) is 12.4 Å². The molecule has 0 saturated carbocycles. The minimum Gasteiger partial charge on any atom is -0.468 e. The second-order valence-electron chi connectivity index (χ2n) is 3.86. The number of sulfonamides is 1. The standard InChI is InChI=1S/C10H19NO5S/c1-3-11(8-10(12)15-2)17(13,14)9-4-6-16-7-5-9/h9H,3-8H2,1-2H3. The predicted molar refractivity (Wildman–Crippen MR) is 62.0 cm³/mol. The second-order valence-corrected chi connectivity index (χ2v) is 6.07. The third-order valence-electron chi connectivity index (χ3n) is 2.84. The minimum atomic E-state index is -3.43. The molecule has 0 amide bonds. The van der Waals surface area contributed by atoms with Crippen LogP contribution in [0.3, 0.4) is 0 Å². The summed E-state index contributed by atoms with van der Waals surface area (Å²) in [4.78, 5) is 11.2. The van der Waals surface area contributed by atoms with Gasteiger partial charge < -0.3 is 9.47 Å². The smallest absolute Gasteiger partial charge is 0.321 e. The Morgan fingerprint density at radius 2 is 2.00 bits per heavy atom. The molecule has 1 aliphatic rings. The number of ether oxygens (including phenoxy) is 2. The van der Waals surface area contributed by atoms with Crippen molar-refractivity contribution in [2.75, 3.05) is 33.4 Å². The zero-order valence-corrected chi connectivity index (χ0v) is 11.0. The number of rotatable bonds is 5. The number of esters is 1. The van der Waals surface area contributed by atoms with Crippen LogP contribution in [0.25, 0.3) is 0 Å². The first-order valence-corrected chi connectivity index (χ1v) is 7.16. The van der Waals surface area contributed by atoms with Crippen LogP contribution in [0.1, 0.15) is 19.8 Å². The van der Waals surface area contributed by atoms with E-state index in [9.17, 15) is 13.2 Å². The van der Waals surface area contributed by atoms with Gasteiger partial charge in [0, 0.05) is 19.8 Å². The summed E-state index contributed by atoms with van der Waals surface area (Å²) in [6.45, 7) is 2.68. The molecule has 6 nitrogen and oxygen atoms in total. The van der Waals surface area contributed by atoms with Crippen molar-refractivity contribution in [3.63, 3.8) is 0 Å². The second kappa shape index (κ2) is 6.32. The van der Waals surface area contributed by atoms with E-state index in [1.165, 1.54) is 11.4 Å². The molecule has 100 valence electrons. The fourth-order valence-corrected chi connectivity index (χ4v) is 3.63. The molecule has 1 rings (SSSR count). The van der Waals surface area contributed by atoms with Crippen molar-refractivity contribution in [1.82, 2.24) is 4.31 Å². The number of hydrogen-bond donors (Lipinski definition) is 0. The van der Waals surface area contributed by atoms with E-state index in [-0.39, 0.29) is 13.1 Å². The van der Waals surface area contributed by atoms with Crippen LogP contribution in [0.4, 0.5) is 0 Å². The lowest BCUT2D eigenvalue weighted by molar-refractivity contribution is -0.140. The van der Waals surface area contributed by atoms with Gasteiger partial charge in [0.2, 0.25) is 10.0 Å². The van der Waals surface area contributed by atoms with Gasteiger partial charge in [-0.3, -0.25) is 4.79 Å². The SMILES string of the molecule is CCN(CC(=O)OC)S(=O)(=O)C1CCOCC1. The summed E-state index contributed by atoms with van der Waals surface area (Å²) in [6, 6.07) is 0. The Kier molecular flexibility index (Phi) is 5.35. The monoisotopic (exact) mass is 265 g/mol. The maximum atomic E-state index is 12.2. The molecular weight excluding hydrogens is 246 g/mol. The van der Waals surface area contributed by atoms with Crippen molar-refractivity contribution in [1.29, 1.82) is 0 Å². The average Bonchev–Trinajstić information content (AvgIpc) is 2.36. The number of carbonyl (C=O) groups is 1. The van der Waals surface area contributed by atoms with Crippen molar-refractivity contribution < 1.29 is 22.7 Å². The number of hydrogen-bond acceptors (Lipinski definition) is 5. The van der Waals surface area contributed by atoms with Gasteiger partial charge in [-0.25, -0.2) is 8.42 Å². The van der Waals surface area contributed by atoms with Gasteiger partial charge in [-0.15, -0.1) is 0 Å². The maximum Gasteiger partial charge on any atom is 0.321 e. The van der Waals surface area contributed by atoms with Crippen LogP contribution in [-0.4, -0.2) is 57.4 Å². The number of carbonyl (C=O) groups excluding carboxylic acids is 1. The van der Waals surface area contributed by atoms with Crippen molar-refractivity contribution in [3.8, 4) is 0 Å². The molecule has 0 unspecified atom stereocenters. The van der Waals surface area contributed by atoms with E-state index in [4.69, 9.17) is 4.74 Å². The Hall–Kier alpha value is -0.660. The van der Waals surface area contributed by atoms with E-state index in [2.05, 4.69) is 4.74 Å². The molecule has 1 aliphatic heterocycles. The van der Waals surface area contributed by atoms with E-state index in [1.807, 2.05) is 0 Å². The summed E-state index contributed by atoms with van der Waals surface area (Å²) < 4.78 is 35.3. The van der Waals surface area contributed by atoms with Crippen LogP contribution < -0.4 is 0 Å². The van der Waals surface area contributed by atoms with Crippen molar-refractivity contribution in [2.45, 2.75) is 25.0 Å². The lowest BCUT2D eigenvalue weighted by Gasteiger charge is -2.28. The van der Waals surface area contributed by atoms with Gasteiger partial charge in [0.15, 0.2) is 0 Å². The molecule has 0 atom stereocenters. The van der Waals surface area contributed by atoms with Gasteiger partial charge >= 0.3 is 5.97 Å². The minimum absolute atomic E-state index is 0.216. The van der Waals surface area contributed by atoms with Crippen molar-refractivity contribution in [3.05, 3.63) is 0 Å². The van der Waals surface area contributed by atoms with Gasteiger partial charge in [-0.1, -0.05) is 6.92 Å². The number of nitrogens with zero attached hydrogens (tertiary/aromatic N) is 1. The molecule has 0 bridgehead atoms. The Morgan fingerprint density at radius 1 is 1.41 bits per heavy atom. The van der Waals surface area contributed by atoms with Crippen LogP contribution in [-0.2, 0) is 24.3 Å². The Balaban J connectivity index is 2.74. The molecule has 0 aliphatic carbocycles. The number of likely N-dealkylation sites (N-methyl/N-ethyl adjacent to an activating group) is 1. The maximum absolute atomic E-state index is 12.2. The molecule has 1 fully saturated rings. The van der Waals surface area contributed by atoms with E-state index in [1.54, 1.807) is 6.92 Å². The number of methoxy groups -OCH3 is 1. The van der Waals surface area contributed by atoms with E-state index >= 15 is 0 Å². The normalized spacial score (nSPS) is 18.3. The quantitative estimate of drug-likeness (QED) is 0.654. The molecule has 0 aromatic carbocycles. The molecule has 0 radical (unpaired) electrons. The van der Waals surface area contributed by atoms with E-state index in [0.717, 1.165) is 0 Å². The highest BCUT2D eigenvalue weighted by Crippen LogP contribution is 2.19. The van der Waals surface area contributed by atoms with Crippen LogP contribution >= 0.6 is 0 Å². The summed E-state index contributed by atoms with van der Waals surface area (Å²) in [6.07, 6.45) is 0.972. The zero-order chi connectivity index (χ0) is 12.9. The van der Waals surface area contributed by atoms with Crippen molar-refractivity contribution in [2.24, 2.45) is 0 Å². The summed E-state index contributed by atoms with van der Waals surface area (Å²) in [7, 11) is -2.18. The topological polar surface area (TPSA) is 72.9 Å². The van der Waals surface area contributed by atoms with Gasteiger partial charge in [-0.2, -0.15) is 4.31 Å². The van der Waals surface area contributed by atoms with Crippen molar-refractivity contribution >= 4 is 16.0 Å². The summed E-state index contributed by atoms with van der Waals surface area (Å²) in [5.41, 5.74) is 0. The molecule has 7 heteroatoms. The first-order valence-electron chi connectivity index (χ1n) is 5.66. The zero-order valence-electron chi connectivity index (χ0n) is 10.2. The highest BCUT2D eigenvalue weighted by molar-refractivity contribution is 7.89. The predicted octanol–water partition coefficient (Wildman–Crippen LogP) is -0.00990. The molecule has 17 heavy (non-hydrogen) atoms. The first kappa shape index (κ1) is 14.4. The van der Waals surface area contributed by atoms with Gasteiger partial charge in [0.25, 0.3) is 0 Å². The molecule has 1 saturated heterocycles. The lowest BCUT2D eigenvalue weighted by atomic mass is 10.2. The van der Waals surface area contributed by atoms with Crippen LogP contribution in [0.15, 0.2) is 0 Å². The first-order chi connectivity index (χ1) is 8.02. The van der Waals surface area contributed by atoms with Crippen LogP contribution in [0, 0.1) is 0 Å². The lowest BCUT2D eigenvalue weighted by Crippen LogP contribution is -2.43. The van der Waals surface area contributed by atoms with Gasteiger partial charge in [0.1, 0.15) is 6.54 Å². The summed E-state index contributed by atoms with van der Waals surface area (Å²) >= 11 is 0. The molecule has 0 aromatic rings. The Morgan fingerprint density at radius 3 is 2.47 bits per heavy atom. The Labute approximate surface area is 102 Å². The van der Waals surface area contributed by atoms with Gasteiger partial charge in [-0.05, 0) is 12.8 Å². The van der Waals surface area contributed by atoms with Crippen LogP contribution in [0.2, 0.25) is 0 Å². The molecule has 0 spiro atoms. The van der Waals surface area contributed by atoms with E-state index in [0.29, 0.717) is 26.1 Å². The molecular formula is C10H19NO5S. The van der Waals surface area contributed by atoms with E-state index < -0.39 is 21.2 Å². The largest absolute Gasteiger partial charge is 0.468 e. The molecule has 0 aromatic heterocycles. The fourth-order valence-electron chi connectivity index (χ4n) is 1.77. The van der Waals surface area contributed by atoms with Crippen LogP contribution in [0.5, 0.6) is 0 Å². The highest BCUT2D eigenvalue weighted by Gasteiger charge is 2.33. The Bertz CT molecular complexity index is 348. The third-order valence-corrected chi connectivity index (χ3v) is 5.26. The third kappa shape index (κ3) is 3.65. The fraction of sp³-hybridized carbons (Fsp3) is 0.900. The highest BCUT2D eigenvalue weighted by atomic mass is 32.2. The summed E-state index contributed by atoms with van der Waals surface area (Å²) in [5, 5.41) is -0.444. The summed E-state index contributed by atoms with van der Waals surface area (Å²) in [5.74, 6) is -0.539.